The number of halogens is 1. The van der Waals surface area contributed by atoms with Crippen molar-refractivity contribution < 1.29 is 13.2 Å². The van der Waals surface area contributed by atoms with Gasteiger partial charge in [0.15, 0.2) is 0 Å². The molecular formula is C12H18ClN3O3S. The van der Waals surface area contributed by atoms with Crippen molar-refractivity contribution in [1.29, 1.82) is 0 Å². The maximum absolute atomic E-state index is 11.8. The Morgan fingerprint density at radius 2 is 2.00 bits per heavy atom. The van der Waals surface area contributed by atoms with Crippen molar-refractivity contribution in [2.24, 2.45) is 5.14 Å². The van der Waals surface area contributed by atoms with Crippen molar-refractivity contribution in [2.45, 2.75) is 24.6 Å². The highest BCUT2D eigenvalue weighted by Gasteiger charge is 2.21. The van der Waals surface area contributed by atoms with Gasteiger partial charge in [-0.15, -0.1) is 12.4 Å². The molecule has 0 unspecified atom stereocenters. The van der Waals surface area contributed by atoms with E-state index in [1.165, 1.54) is 0 Å². The molecule has 1 saturated heterocycles. The second-order valence-electron chi connectivity index (χ2n) is 4.64. The largest absolute Gasteiger partial charge is 0.325 e. The van der Waals surface area contributed by atoms with Crippen LogP contribution in [0.3, 0.4) is 0 Å². The number of carbonyl (C=O) groups excluding carboxylic acids is 1. The number of nitrogens with one attached hydrogen (secondary N) is 2. The van der Waals surface area contributed by atoms with E-state index in [4.69, 9.17) is 5.14 Å². The molecule has 112 valence electrons. The van der Waals surface area contributed by atoms with Gasteiger partial charge in [-0.2, -0.15) is 0 Å². The van der Waals surface area contributed by atoms with Gasteiger partial charge in [0.05, 0.1) is 11.8 Å². The highest BCUT2D eigenvalue weighted by molar-refractivity contribution is 7.88. The predicted molar refractivity (Wildman–Crippen MR) is 80.2 cm³/mol. The summed E-state index contributed by atoms with van der Waals surface area (Å²) in [7, 11) is -3.52. The summed E-state index contributed by atoms with van der Waals surface area (Å²) in [6.45, 7) is 0.866. The van der Waals surface area contributed by atoms with Gasteiger partial charge in [0.2, 0.25) is 15.9 Å². The van der Waals surface area contributed by atoms with Crippen LogP contribution in [0.15, 0.2) is 24.3 Å². The molecular weight excluding hydrogens is 302 g/mol. The summed E-state index contributed by atoms with van der Waals surface area (Å²) in [5.41, 5.74) is 1.25. The molecule has 0 aliphatic carbocycles. The van der Waals surface area contributed by atoms with Crippen LogP contribution in [0, 0.1) is 0 Å². The second-order valence-corrected chi connectivity index (χ2v) is 6.26. The number of hydrogen-bond acceptors (Lipinski definition) is 4. The monoisotopic (exact) mass is 319 g/mol. The number of benzene rings is 1. The molecule has 0 bridgehead atoms. The molecule has 2 rings (SSSR count). The maximum atomic E-state index is 11.8. The van der Waals surface area contributed by atoms with Gasteiger partial charge >= 0.3 is 0 Å². The molecule has 0 radical (unpaired) electrons. The summed E-state index contributed by atoms with van der Waals surface area (Å²) in [5, 5.41) is 10.9. The number of hydrogen-bond donors (Lipinski definition) is 3. The molecule has 20 heavy (non-hydrogen) atoms. The smallest absolute Gasteiger partial charge is 0.241 e. The average Bonchev–Trinajstić information content (AvgIpc) is 2.83. The number of rotatable bonds is 4. The van der Waals surface area contributed by atoms with E-state index in [0.29, 0.717) is 11.3 Å². The summed E-state index contributed by atoms with van der Waals surface area (Å²) < 4.78 is 21.9. The third-order valence-corrected chi connectivity index (χ3v) is 3.70. The Morgan fingerprint density at radius 1 is 1.35 bits per heavy atom. The summed E-state index contributed by atoms with van der Waals surface area (Å²) >= 11 is 0. The lowest BCUT2D eigenvalue weighted by Gasteiger charge is -2.11. The van der Waals surface area contributed by atoms with Crippen molar-refractivity contribution in [2.75, 3.05) is 11.9 Å². The van der Waals surface area contributed by atoms with Crippen LogP contribution in [-0.2, 0) is 20.6 Å². The lowest BCUT2D eigenvalue weighted by Crippen LogP contribution is -2.35. The number of anilines is 1. The first kappa shape index (κ1) is 16.9. The summed E-state index contributed by atoms with van der Waals surface area (Å²) in [4.78, 5) is 11.8. The molecule has 0 saturated carbocycles. The summed E-state index contributed by atoms with van der Waals surface area (Å²) in [5.74, 6) is -0.262. The van der Waals surface area contributed by atoms with Crippen LogP contribution in [-0.4, -0.2) is 26.9 Å². The van der Waals surface area contributed by atoms with Crippen LogP contribution >= 0.6 is 12.4 Å². The van der Waals surface area contributed by atoms with Crippen LogP contribution in [0.1, 0.15) is 18.4 Å². The summed E-state index contributed by atoms with van der Waals surface area (Å²) in [6, 6.07) is 6.49. The van der Waals surface area contributed by atoms with Crippen molar-refractivity contribution in [3.8, 4) is 0 Å². The fraction of sp³-hybridized carbons (Fsp3) is 0.417. The molecule has 0 spiro atoms. The Kier molecular flexibility index (Phi) is 5.94. The molecule has 0 aromatic heterocycles. The van der Waals surface area contributed by atoms with E-state index in [0.717, 1.165) is 19.4 Å². The molecule has 1 aromatic rings. The molecule has 1 aliphatic rings. The van der Waals surface area contributed by atoms with Crippen molar-refractivity contribution in [3.63, 3.8) is 0 Å². The molecule has 1 amide bonds. The standard InChI is InChI=1S/C12H17N3O3S.ClH/c13-19(17,18)8-9-3-5-10(6-4-9)15-12(16)11-2-1-7-14-11;/h3-6,11,14H,1-2,7-8H2,(H,15,16)(H2,13,17,18);1H/t11-;/m0./s1. The normalized spacial score (nSPS) is 18.4. The number of sulfonamides is 1. The zero-order valence-corrected chi connectivity index (χ0v) is 12.5. The number of amides is 1. The van der Waals surface area contributed by atoms with Gasteiger partial charge in [0.25, 0.3) is 0 Å². The third-order valence-electron chi connectivity index (χ3n) is 2.97. The third kappa shape index (κ3) is 5.09. The fourth-order valence-electron chi connectivity index (χ4n) is 2.05. The Hall–Kier alpha value is -1.15. The van der Waals surface area contributed by atoms with Crippen LogP contribution in [0.4, 0.5) is 5.69 Å². The summed E-state index contributed by atoms with van der Waals surface area (Å²) in [6.07, 6.45) is 1.85. The minimum Gasteiger partial charge on any atom is -0.325 e. The highest BCUT2D eigenvalue weighted by atomic mass is 35.5. The van der Waals surface area contributed by atoms with E-state index in [-0.39, 0.29) is 30.1 Å². The lowest BCUT2D eigenvalue weighted by atomic mass is 10.2. The molecule has 1 atom stereocenters. The molecule has 1 fully saturated rings. The van der Waals surface area contributed by atoms with Crippen molar-refractivity contribution >= 4 is 34.0 Å². The van der Waals surface area contributed by atoms with Gasteiger partial charge in [-0.3, -0.25) is 4.79 Å². The van der Waals surface area contributed by atoms with Crippen LogP contribution in [0.25, 0.3) is 0 Å². The molecule has 6 nitrogen and oxygen atoms in total. The van der Waals surface area contributed by atoms with Gasteiger partial charge in [0, 0.05) is 5.69 Å². The number of nitrogens with two attached hydrogens (primary N) is 1. The van der Waals surface area contributed by atoms with Crippen LogP contribution < -0.4 is 15.8 Å². The van der Waals surface area contributed by atoms with E-state index < -0.39 is 10.0 Å². The Morgan fingerprint density at radius 3 is 2.50 bits per heavy atom. The first-order valence-electron chi connectivity index (χ1n) is 6.08. The molecule has 1 heterocycles. The Labute approximate surface area is 124 Å². The topological polar surface area (TPSA) is 101 Å². The number of carbonyl (C=O) groups is 1. The minimum atomic E-state index is -3.52. The first-order valence-corrected chi connectivity index (χ1v) is 7.79. The SMILES string of the molecule is Cl.NS(=O)(=O)Cc1ccc(NC(=O)[C@@H]2CCCN2)cc1. The number of primary sulfonamides is 1. The minimum absolute atomic E-state index is 0. The van der Waals surface area contributed by atoms with Crippen molar-refractivity contribution in [1.82, 2.24) is 5.32 Å². The lowest BCUT2D eigenvalue weighted by molar-refractivity contribution is -0.117. The average molecular weight is 320 g/mol. The second kappa shape index (κ2) is 7.03. The van der Waals surface area contributed by atoms with E-state index in [9.17, 15) is 13.2 Å². The highest BCUT2D eigenvalue weighted by Crippen LogP contribution is 2.13. The quantitative estimate of drug-likeness (QED) is 0.756. The van der Waals surface area contributed by atoms with E-state index in [1.54, 1.807) is 24.3 Å². The molecule has 8 heteroatoms. The van der Waals surface area contributed by atoms with Gasteiger partial charge in [-0.25, -0.2) is 13.6 Å². The van der Waals surface area contributed by atoms with E-state index >= 15 is 0 Å². The van der Waals surface area contributed by atoms with Gasteiger partial charge in [-0.1, -0.05) is 12.1 Å². The zero-order chi connectivity index (χ0) is 13.9. The van der Waals surface area contributed by atoms with Gasteiger partial charge in [-0.05, 0) is 37.1 Å². The van der Waals surface area contributed by atoms with E-state index in [2.05, 4.69) is 10.6 Å². The molecule has 4 N–H and O–H groups in total. The Balaban J connectivity index is 0.00000200. The van der Waals surface area contributed by atoms with Crippen LogP contribution in [0.2, 0.25) is 0 Å². The first-order chi connectivity index (χ1) is 8.94. The van der Waals surface area contributed by atoms with E-state index in [1.807, 2.05) is 0 Å². The van der Waals surface area contributed by atoms with Gasteiger partial charge < -0.3 is 10.6 Å². The molecule has 1 aliphatic heterocycles. The van der Waals surface area contributed by atoms with Gasteiger partial charge in [0.1, 0.15) is 0 Å². The van der Waals surface area contributed by atoms with Crippen molar-refractivity contribution in [3.05, 3.63) is 29.8 Å². The van der Waals surface area contributed by atoms with Crippen LogP contribution in [0.5, 0.6) is 0 Å². The Bertz CT molecular complexity index is 554. The fourth-order valence-corrected chi connectivity index (χ4v) is 2.71. The maximum Gasteiger partial charge on any atom is 0.241 e. The predicted octanol–water partition coefficient (Wildman–Crippen LogP) is 0.587. The molecule has 1 aromatic carbocycles. The zero-order valence-electron chi connectivity index (χ0n) is 10.8.